The SMILES string of the molecule is CCOC(=O)c1cn(C2CC2)c2c(OC)c(C3(NC(=O)OC(C)(C)C)CC3)c(F)cc2c1=O. The van der Waals surface area contributed by atoms with Crippen LogP contribution >= 0.6 is 0 Å². The average Bonchev–Trinajstić information content (AvgIpc) is 3.62. The lowest BCUT2D eigenvalue weighted by Gasteiger charge is -2.26. The van der Waals surface area contributed by atoms with Crippen molar-refractivity contribution in [2.45, 2.75) is 70.6 Å². The maximum Gasteiger partial charge on any atom is 0.408 e. The molecule has 1 aromatic carbocycles. The second kappa shape index (κ2) is 8.04. The second-order valence-electron chi connectivity index (χ2n) is 9.60. The molecular weight excluding hydrogens is 431 g/mol. The normalized spacial score (nSPS) is 16.9. The zero-order valence-corrected chi connectivity index (χ0v) is 19.5. The van der Waals surface area contributed by atoms with Gasteiger partial charge in [-0.05, 0) is 59.4 Å². The first-order valence-corrected chi connectivity index (χ1v) is 11.2. The van der Waals surface area contributed by atoms with E-state index in [9.17, 15) is 14.4 Å². The molecular formula is C24H29FN2O6. The van der Waals surface area contributed by atoms with Crippen molar-refractivity contribution in [1.82, 2.24) is 9.88 Å². The Kier molecular flexibility index (Phi) is 5.62. The third kappa shape index (κ3) is 4.28. The van der Waals surface area contributed by atoms with Crippen molar-refractivity contribution >= 4 is 23.0 Å². The highest BCUT2D eigenvalue weighted by Crippen LogP contribution is 2.52. The molecule has 2 aliphatic rings. The lowest BCUT2D eigenvalue weighted by atomic mass is 9.98. The number of pyridine rings is 1. The Morgan fingerprint density at radius 2 is 1.94 bits per heavy atom. The van der Waals surface area contributed by atoms with Gasteiger partial charge in [0.1, 0.15) is 17.0 Å². The van der Waals surface area contributed by atoms with Gasteiger partial charge in [0.15, 0.2) is 5.75 Å². The summed E-state index contributed by atoms with van der Waals surface area (Å²) < 4.78 is 33.4. The molecule has 1 N–H and O–H groups in total. The highest BCUT2D eigenvalue weighted by Gasteiger charge is 2.51. The van der Waals surface area contributed by atoms with Gasteiger partial charge in [-0.25, -0.2) is 14.0 Å². The average molecular weight is 461 g/mol. The topological polar surface area (TPSA) is 95.9 Å². The first-order chi connectivity index (χ1) is 15.5. The van der Waals surface area contributed by atoms with Crippen LogP contribution in [0.5, 0.6) is 5.75 Å². The van der Waals surface area contributed by atoms with E-state index in [0.29, 0.717) is 18.4 Å². The number of amides is 1. The summed E-state index contributed by atoms with van der Waals surface area (Å²) in [4.78, 5) is 38.0. The molecule has 0 saturated heterocycles. The van der Waals surface area contributed by atoms with Crippen LogP contribution in [0.4, 0.5) is 9.18 Å². The van der Waals surface area contributed by atoms with Crippen LogP contribution in [0.3, 0.4) is 0 Å². The van der Waals surface area contributed by atoms with Gasteiger partial charge in [-0.2, -0.15) is 0 Å². The largest absolute Gasteiger partial charge is 0.494 e. The van der Waals surface area contributed by atoms with Gasteiger partial charge in [0.05, 0.1) is 35.7 Å². The van der Waals surface area contributed by atoms with Crippen LogP contribution in [0.25, 0.3) is 10.9 Å². The lowest BCUT2D eigenvalue weighted by Crippen LogP contribution is -2.40. The van der Waals surface area contributed by atoms with Crippen LogP contribution in [0.1, 0.15) is 75.3 Å². The number of fused-ring (bicyclic) bond motifs is 1. The minimum Gasteiger partial charge on any atom is -0.494 e. The summed E-state index contributed by atoms with van der Waals surface area (Å²) in [5.74, 6) is -1.25. The Bertz CT molecular complexity index is 1190. The molecule has 2 saturated carbocycles. The zero-order chi connectivity index (χ0) is 24.1. The number of ether oxygens (including phenoxy) is 3. The van der Waals surface area contributed by atoms with E-state index in [-0.39, 0.29) is 34.9 Å². The molecule has 178 valence electrons. The van der Waals surface area contributed by atoms with E-state index in [1.807, 2.05) is 0 Å². The van der Waals surface area contributed by atoms with Crippen LogP contribution < -0.4 is 15.5 Å². The van der Waals surface area contributed by atoms with Crippen molar-refractivity contribution in [1.29, 1.82) is 0 Å². The number of aromatic nitrogens is 1. The van der Waals surface area contributed by atoms with Gasteiger partial charge in [0.2, 0.25) is 5.43 Å². The van der Waals surface area contributed by atoms with E-state index in [1.54, 1.807) is 32.3 Å². The molecule has 0 bridgehead atoms. The molecule has 9 heteroatoms. The van der Waals surface area contributed by atoms with Gasteiger partial charge in [0.25, 0.3) is 0 Å². The first kappa shape index (κ1) is 23.1. The summed E-state index contributed by atoms with van der Waals surface area (Å²) in [6.07, 6.45) is 3.54. The smallest absolute Gasteiger partial charge is 0.408 e. The Hall–Kier alpha value is -3.10. The van der Waals surface area contributed by atoms with Gasteiger partial charge in [-0.1, -0.05) is 0 Å². The van der Waals surface area contributed by atoms with Crippen LogP contribution in [-0.2, 0) is 15.0 Å². The number of esters is 1. The number of alkyl carbamates (subject to hydrolysis) is 1. The van der Waals surface area contributed by atoms with Crippen molar-refractivity contribution in [3.05, 3.63) is 39.4 Å². The molecule has 1 heterocycles. The number of methoxy groups -OCH3 is 1. The van der Waals surface area contributed by atoms with Crippen LogP contribution in [0.15, 0.2) is 17.1 Å². The number of benzene rings is 1. The molecule has 2 aromatic rings. The van der Waals surface area contributed by atoms with Crippen molar-refractivity contribution < 1.29 is 28.2 Å². The van der Waals surface area contributed by atoms with E-state index >= 15 is 4.39 Å². The van der Waals surface area contributed by atoms with Gasteiger partial charge in [-0.3, -0.25) is 4.79 Å². The van der Waals surface area contributed by atoms with Crippen LogP contribution in [0, 0.1) is 5.82 Å². The fourth-order valence-electron chi connectivity index (χ4n) is 4.15. The summed E-state index contributed by atoms with van der Waals surface area (Å²) in [6.45, 7) is 7.02. The highest BCUT2D eigenvalue weighted by molar-refractivity contribution is 5.96. The molecule has 0 unspecified atom stereocenters. The van der Waals surface area contributed by atoms with Gasteiger partial charge >= 0.3 is 12.1 Å². The minimum absolute atomic E-state index is 0.0404. The van der Waals surface area contributed by atoms with E-state index in [4.69, 9.17) is 14.2 Å². The van der Waals surface area contributed by atoms with Crippen molar-refractivity contribution in [3.8, 4) is 5.75 Å². The summed E-state index contributed by atoms with van der Waals surface area (Å²) in [7, 11) is 1.41. The Morgan fingerprint density at radius 3 is 2.45 bits per heavy atom. The lowest BCUT2D eigenvalue weighted by molar-refractivity contribution is 0.0490. The fourth-order valence-corrected chi connectivity index (χ4v) is 4.15. The number of nitrogens with zero attached hydrogens (tertiary/aromatic N) is 1. The van der Waals surface area contributed by atoms with E-state index in [0.717, 1.165) is 18.9 Å². The molecule has 1 amide bonds. The predicted octanol–water partition coefficient (Wildman–Crippen LogP) is 4.17. The quantitative estimate of drug-likeness (QED) is 0.650. The van der Waals surface area contributed by atoms with Gasteiger partial charge < -0.3 is 24.1 Å². The molecule has 33 heavy (non-hydrogen) atoms. The Balaban J connectivity index is 1.90. The molecule has 8 nitrogen and oxygen atoms in total. The van der Waals surface area contributed by atoms with Crippen LogP contribution in [-0.4, -0.2) is 35.9 Å². The molecule has 2 fully saturated rings. The summed E-state index contributed by atoms with van der Waals surface area (Å²) in [5, 5.41) is 2.84. The fraction of sp³-hybridized carbons (Fsp3) is 0.542. The molecule has 0 radical (unpaired) electrons. The minimum atomic E-state index is -0.990. The summed E-state index contributed by atoms with van der Waals surface area (Å²) >= 11 is 0. The van der Waals surface area contributed by atoms with Crippen molar-refractivity contribution in [2.75, 3.05) is 13.7 Å². The van der Waals surface area contributed by atoms with E-state index < -0.39 is 34.4 Å². The second-order valence-corrected chi connectivity index (χ2v) is 9.60. The van der Waals surface area contributed by atoms with E-state index in [2.05, 4.69) is 5.32 Å². The maximum absolute atomic E-state index is 15.6. The molecule has 0 atom stereocenters. The predicted molar refractivity (Wildman–Crippen MR) is 119 cm³/mol. The number of carbonyl (C=O) groups excluding carboxylic acids is 2. The Labute approximate surface area is 191 Å². The number of hydrogen-bond acceptors (Lipinski definition) is 6. The highest BCUT2D eigenvalue weighted by atomic mass is 19.1. The number of rotatable bonds is 6. The van der Waals surface area contributed by atoms with E-state index in [1.165, 1.54) is 13.3 Å². The number of hydrogen-bond donors (Lipinski definition) is 1. The molecule has 0 spiro atoms. The third-order valence-electron chi connectivity index (χ3n) is 5.83. The van der Waals surface area contributed by atoms with Gasteiger partial charge in [0, 0.05) is 12.2 Å². The molecule has 1 aromatic heterocycles. The Morgan fingerprint density at radius 1 is 1.27 bits per heavy atom. The third-order valence-corrected chi connectivity index (χ3v) is 5.83. The number of halogens is 1. The number of nitrogens with one attached hydrogen (secondary N) is 1. The summed E-state index contributed by atoms with van der Waals surface area (Å²) in [5.41, 5.74) is -1.86. The monoisotopic (exact) mass is 460 g/mol. The maximum atomic E-state index is 15.6. The van der Waals surface area contributed by atoms with Crippen molar-refractivity contribution in [3.63, 3.8) is 0 Å². The number of carbonyl (C=O) groups is 2. The first-order valence-electron chi connectivity index (χ1n) is 11.2. The van der Waals surface area contributed by atoms with Gasteiger partial charge in [-0.15, -0.1) is 0 Å². The summed E-state index contributed by atoms with van der Waals surface area (Å²) in [6, 6.07) is 1.19. The molecule has 0 aliphatic heterocycles. The molecule has 4 rings (SSSR count). The standard InChI is InChI=1S/C24H29FN2O6/c1-6-32-21(29)15-12-27(13-7-8-13)18-14(19(15)28)11-16(25)17(20(18)31-5)24(9-10-24)26-22(30)33-23(2,3)4/h11-13H,6-10H2,1-5H3,(H,26,30). The van der Waals surface area contributed by atoms with Crippen LogP contribution in [0.2, 0.25) is 0 Å². The molecule has 2 aliphatic carbocycles. The zero-order valence-electron chi connectivity index (χ0n) is 19.5. The van der Waals surface area contributed by atoms with Crippen molar-refractivity contribution in [2.24, 2.45) is 0 Å².